The molecule has 6 heteroatoms. The van der Waals surface area contributed by atoms with Crippen LogP contribution in [0.1, 0.15) is 24.2 Å². The highest BCUT2D eigenvalue weighted by atomic mass is 35.5. The van der Waals surface area contributed by atoms with E-state index >= 15 is 0 Å². The molecule has 104 valence electrons. The second-order valence-corrected chi connectivity index (χ2v) is 4.65. The van der Waals surface area contributed by atoms with Crippen molar-refractivity contribution in [3.05, 3.63) is 28.8 Å². The lowest BCUT2D eigenvalue weighted by Gasteiger charge is -2.23. The molecule has 1 aromatic carbocycles. The summed E-state index contributed by atoms with van der Waals surface area (Å²) in [6.45, 7) is 3.74. The molecule has 0 bridgehead atoms. The van der Waals surface area contributed by atoms with E-state index in [9.17, 15) is 14.7 Å². The zero-order valence-electron chi connectivity index (χ0n) is 10.8. The number of carbonyl (C=O) groups is 2. The summed E-state index contributed by atoms with van der Waals surface area (Å²) >= 11 is 5.92. The molecule has 0 aliphatic carbocycles. The number of nitrogens with zero attached hydrogens (tertiary/aromatic N) is 1. The Morgan fingerprint density at radius 2 is 2.05 bits per heavy atom. The number of hydrogen-bond acceptors (Lipinski definition) is 3. The van der Waals surface area contributed by atoms with Gasteiger partial charge in [-0.15, -0.1) is 0 Å². The maximum Gasteiger partial charge on any atom is 0.308 e. The predicted octanol–water partition coefficient (Wildman–Crippen LogP) is 2.23. The highest BCUT2D eigenvalue weighted by molar-refractivity contribution is 6.33. The largest absolute Gasteiger partial charge is 0.508 e. The van der Waals surface area contributed by atoms with Crippen LogP contribution in [-0.4, -0.2) is 40.1 Å². The summed E-state index contributed by atoms with van der Waals surface area (Å²) in [4.78, 5) is 24.5. The van der Waals surface area contributed by atoms with Crippen LogP contribution < -0.4 is 0 Å². The SMILES string of the molecule is CCN(CC(C)C(=O)O)C(=O)c1cc(O)ccc1Cl. The van der Waals surface area contributed by atoms with Gasteiger partial charge in [0, 0.05) is 13.1 Å². The number of carboxylic acid groups (broad SMARTS) is 1. The summed E-state index contributed by atoms with van der Waals surface area (Å²) < 4.78 is 0. The van der Waals surface area contributed by atoms with Crippen molar-refractivity contribution in [2.24, 2.45) is 5.92 Å². The molecular formula is C13H16ClNO4. The van der Waals surface area contributed by atoms with Gasteiger partial charge in [-0.25, -0.2) is 0 Å². The molecule has 1 amide bonds. The molecule has 0 fully saturated rings. The minimum atomic E-state index is -0.965. The zero-order valence-corrected chi connectivity index (χ0v) is 11.5. The second kappa shape index (κ2) is 6.43. The Balaban J connectivity index is 2.95. The van der Waals surface area contributed by atoms with E-state index in [0.29, 0.717) is 6.54 Å². The number of phenolic OH excluding ortho intramolecular Hbond substituents is 1. The number of aliphatic carboxylic acids is 1. The Morgan fingerprint density at radius 1 is 1.42 bits per heavy atom. The van der Waals surface area contributed by atoms with Gasteiger partial charge in [0.1, 0.15) is 5.75 Å². The van der Waals surface area contributed by atoms with Crippen LogP contribution in [0.4, 0.5) is 0 Å². The number of phenols is 1. The average molecular weight is 286 g/mol. The van der Waals surface area contributed by atoms with Crippen LogP contribution in [0.2, 0.25) is 5.02 Å². The number of amides is 1. The van der Waals surface area contributed by atoms with Crippen LogP contribution >= 0.6 is 11.6 Å². The fraction of sp³-hybridized carbons (Fsp3) is 0.385. The topological polar surface area (TPSA) is 77.8 Å². The van der Waals surface area contributed by atoms with Crippen molar-refractivity contribution < 1.29 is 19.8 Å². The van der Waals surface area contributed by atoms with Gasteiger partial charge >= 0.3 is 5.97 Å². The third-order valence-corrected chi connectivity index (χ3v) is 3.09. The summed E-state index contributed by atoms with van der Waals surface area (Å²) in [6.07, 6.45) is 0. The molecule has 0 aliphatic heterocycles. The van der Waals surface area contributed by atoms with Gasteiger partial charge in [0.05, 0.1) is 16.5 Å². The summed E-state index contributed by atoms with van der Waals surface area (Å²) in [6, 6.07) is 4.09. The van der Waals surface area contributed by atoms with Gasteiger partial charge in [0.15, 0.2) is 0 Å². The van der Waals surface area contributed by atoms with E-state index in [0.717, 1.165) is 0 Å². The smallest absolute Gasteiger partial charge is 0.308 e. The molecule has 5 nitrogen and oxygen atoms in total. The highest BCUT2D eigenvalue weighted by Crippen LogP contribution is 2.23. The summed E-state index contributed by atoms with van der Waals surface area (Å²) in [5.74, 6) is -2.08. The Labute approximate surface area is 116 Å². The van der Waals surface area contributed by atoms with Crippen LogP contribution in [0, 0.1) is 5.92 Å². The molecule has 0 heterocycles. The summed E-state index contributed by atoms with van der Waals surface area (Å²) in [5.41, 5.74) is 0.168. The van der Waals surface area contributed by atoms with Gasteiger partial charge in [0.2, 0.25) is 0 Å². The Morgan fingerprint density at radius 3 is 2.58 bits per heavy atom. The van der Waals surface area contributed by atoms with Crippen LogP contribution in [-0.2, 0) is 4.79 Å². The summed E-state index contributed by atoms with van der Waals surface area (Å²) in [5, 5.41) is 18.5. The van der Waals surface area contributed by atoms with Gasteiger partial charge in [-0.1, -0.05) is 18.5 Å². The Hall–Kier alpha value is -1.75. The first-order chi connectivity index (χ1) is 8.86. The molecule has 0 radical (unpaired) electrons. The quantitative estimate of drug-likeness (QED) is 0.869. The minimum absolute atomic E-state index is 0.0601. The number of benzene rings is 1. The standard InChI is InChI=1S/C13H16ClNO4/c1-3-15(7-8(2)13(18)19)12(17)10-6-9(16)4-5-11(10)14/h4-6,8,16H,3,7H2,1-2H3,(H,18,19). The fourth-order valence-electron chi connectivity index (χ4n) is 1.61. The van der Waals surface area contributed by atoms with Gasteiger partial charge < -0.3 is 15.1 Å². The van der Waals surface area contributed by atoms with E-state index in [1.165, 1.54) is 30.0 Å². The molecule has 0 aliphatic rings. The summed E-state index contributed by atoms with van der Waals surface area (Å²) in [7, 11) is 0. The third-order valence-electron chi connectivity index (χ3n) is 2.77. The molecule has 2 N–H and O–H groups in total. The normalized spacial score (nSPS) is 11.9. The number of carbonyl (C=O) groups excluding carboxylic acids is 1. The molecule has 0 spiro atoms. The maximum atomic E-state index is 12.2. The van der Waals surface area contributed by atoms with Crippen molar-refractivity contribution in [1.82, 2.24) is 4.90 Å². The zero-order chi connectivity index (χ0) is 14.6. The molecule has 19 heavy (non-hydrogen) atoms. The maximum absolute atomic E-state index is 12.2. The van der Waals surface area contributed by atoms with E-state index in [2.05, 4.69) is 0 Å². The van der Waals surface area contributed by atoms with E-state index < -0.39 is 17.8 Å². The molecule has 1 unspecified atom stereocenters. The van der Waals surface area contributed by atoms with E-state index in [1.54, 1.807) is 6.92 Å². The number of hydrogen-bond donors (Lipinski definition) is 2. The molecule has 0 saturated heterocycles. The third kappa shape index (κ3) is 3.86. The average Bonchev–Trinajstić information content (AvgIpc) is 2.37. The van der Waals surface area contributed by atoms with Gasteiger partial charge in [0.25, 0.3) is 5.91 Å². The van der Waals surface area contributed by atoms with E-state index in [1.807, 2.05) is 0 Å². The highest BCUT2D eigenvalue weighted by Gasteiger charge is 2.22. The lowest BCUT2D eigenvalue weighted by atomic mass is 10.1. The molecule has 1 rings (SSSR count). The van der Waals surface area contributed by atoms with Gasteiger partial charge in [-0.3, -0.25) is 9.59 Å². The van der Waals surface area contributed by atoms with Crippen LogP contribution in [0.15, 0.2) is 18.2 Å². The predicted molar refractivity (Wildman–Crippen MR) is 71.5 cm³/mol. The molecule has 0 aromatic heterocycles. The van der Waals surface area contributed by atoms with Crippen LogP contribution in [0.3, 0.4) is 0 Å². The van der Waals surface area contributed by atoms with Crippen molar-refractivity contribution in [3.63, 3.8) is 0 Å². The monoisotopic (exact) mass is 285 g/mol. The Kier molecular flexibility index (Phi) is 5.18. The minimum Gasteiger partial charge on any atom is -0.508 e. The molecular weight excluding hydrogens is 270 g/mol. The van der Waals surface area contributed by atoms with Crippen molar-refractivity contribution in [3.8, 4) is 5.75 Å². The lowest BCUT2D eigenvalue weighted by Crippen LogP contribution is -2.36. The Bertz CT molecular complexity index is 490. The van der Waals surface area contributed by atoms with Gasteiger partial charge in [-0.2, -0.15) is 0 Å². The molecule has 1 aromatic rings. The number of carboxylic acids is 1. The van der Waals surface area contributed by atoms with Crippen LogP contribution in [0.5, 0.6) is 5.75 Å². The van der Waals surface area contributed by atoms with Crippen molar-refractivity contribution >= 4 is 23.5 Å². The van der Waals surface area contributed by atoms with Crippen molar-refractivity contribution in [2.45, 2.75) is 13.8 Å². The first-order valence-corrected chi connectivity index (χ1v) is 6.25. The molecule has 0 saturated carbocycles. The first-order valence-electron chi connectivity index (χ1n) is 5.87. The van der Waals surface area contributed by atoms with E-state index in [-0.39, 0.29) is 22.9 Å². The van der Waals surface area contributed by atoms with E-state index in [4.69, 9.17) is 16.7 Å². The lowest BCUT2D eigenvalue weighted by molar-refractivity contribution is -0.141. The number of halogens is 1. The first kappa shape index (κ1) is 15.3. The molecule has 1 atom stereocenters. The number of rotatable bonds is 5. The fourth-order valence-corrected chi connectivity index (χ4v) is 1.81. The van der Waals surface area contributed by atoms with Crippen molar-refractivity contribution in [1.29, 1.82) is 0 Å². The van der Waals surface area contributed by atoms with Crippen LogP contribution in [0.25, 0.3) is 0 Å². The second-order valence-electron chi connectivity index (χ2n) is 4.25. The van der Waals surface area contributed by atoms with Gasteiger partial charge in [-0.05, 0) is 25.1 Å². The van der Waals surface area contributed by atoms with Crippen molar-refractivity contribution in [2.75, 3.05) is 13.1 Å². The number of aromatic hydroxyl groups is 1.